The number of thioether (sulfide) groups is 1. The molecule has 2 amide bonds. The van der Waals surface area contributed by atoms with E-state index in [4.69, 9.17) is 11.6 Å². The number of rotatable bonds is 8. The number of halogens is 2. The van der Waals surface area contributed by atoms with E-state index in [9.17, 15) is 14.0 Å². The molecule has 1 unspecified atom stereocenters. The fraction of sp³-hybridized carbons (Fsp3) is 0.429. The van der Waals surface area contributed by atoms with Gasteiger partial charge in [-0.2, -0.15) is 0 Å². The second-order valence-electron chi connectivity index (χ2n) is 7.27. The molecule has 1 aromatic carbocycles. The largest absolute Gasteiger partial charge is 0.356 e. The molecule has 1 atom stereocenters. The molecule has 0 spiro atoms. The van der Waals surface area contributed by atoms with Gasteiger partial charge in [0.25, 0.3) is 0 Å². The molecule has 0 saturated carbocycles. The van der Waals surface area contributed by atoms with Crippen molar-refractivity contribution in [1.82, 2.24) is 15.5 Å². The molecule has 1 aliphatic heterocycles. The Morgan fingerprint density at radius 3 is 2.84 bits per heavy atom. The lowest BCUT2D eigenvalue weighted by Gasteiger charge is -2.32. The van der Waals surface area contributed by atoms with Crippen molar-refractivity contribution < 1.29 is 14.0 Å². The Hall–Kier alpha value is -2.39. The van der Waals surface area contributed by atoms with Crippen molar-refractivity contribution in [2.45, 2.75) is 31.2 Å². The van der Waals surface area contributed by atoms with E-state index in [2.05, 4.69) is 25.7 Å². The number of anilines is 2. The van der Waals surface area contributed by atoms with Gasteiger partial charge in [0.1, 0.15) is 10.8 Å². The highest BCUT2D eigenvalue weighted by atomic mass is 35.5. The number of nitrogens with one attached hydrogen (secondary N) is 2. The zero-order valence-electron chi connectivity index (χ0n) is 17.2. The van der Waals surface area contributed by atoms with Crippen LogP contribution in [0.5, 0.6) is 0 Å². The van der Waals surface area contributed by atoms with Gasteiger partial charge in [0.15, 0.2) is 5.82 Å². The molecule has 0 radical (unpaired) electrons. The Labute approximate surface area is 190 Å². The number of piperidine rings is 1. The number of benzene rings is 1. The van der Waals surface area contributed by atoms with Gasteiger partial charge in [-0.05, 0) is 49.6 Å². The van der Waals surface area contributed by atoms with Gasteiger partial charge in [0.2, 0.25) is 11.8 Å². The third kappa shape index (κ3) is 6.80. The van der Waals surface area contributed by atoms with Crippen LogP contribution in [-0.4, -0.2) is 47.4 Å². The summed E-state index contributed by atoms with van der Waals surface area (Å²) in [6.45, 7) is 4.18. The summed E-state index contributed by atoms with van der Waals surface area (Å²) in [5.74, 6) is 0.151. The number of carbonyl (C=O) groups excluding carboxylic acids is 2. The van der Waals surface area contributed by atoms with Gasteiger partial charge in [0, 0.05) is 19.6 Å². The Morgan fingerprint density at radius 1 is 1.29 bits per heavy atom. The van der Waals surface area contributed by atoms with Crippen molar-refractivity contribution in [2.24, 2.45) is 5.92 Å². The number of hydrogen-bond acceptors (Lipinski definition) is 6. The van der Waals surface area contributed by atoms with Crippen molar-refractivity contribution in [1.29, 1.82) is 0 Å². The maximum atomic E-state index is 13.1. The van der Waals surface area contributed by atoms with Gasteiger partial charge < -0.3 is 15.5 Å². The van der Waals surface area contributed by atoms with Crippen molar-refractivity contribution in [3.63, 3.8) is 0 Å². The molecular formula is C21H25ClFN5O2S. The maximum Gasteiger partial charge on any atom is 0.234 e. The molecule has 1 aliphatic rings. The maximum absolute atomic E-state index is 13.1. The van der Waals surface area contributed by atoms with Gasteiger partial charge >= 0.3 is 0 Å². The van der Waals surface area contributed by atoms with Crippen molar-refractivity contribution in [2.75, 3.05) is 35.6 Å². The van der Waals surface area contributed by atoms with Gasteiger partial charge in [-0.3, -0.25) is 9.59 Å². The van der Waals surface area contributed by atoms with Crippen LogP contribution in [0, 0.1) is 11.7 Å². The van der Waals surface area contributed by atoms with Crippen molar-refractivity contribution in [3.8, 4) is 0 Å². The highest BCUT2D eigenvalue weighted by molar-refractivity contribution is 7.99. The Morgan fingerprint density at radius 2 is 2.13 bits per heavy atom. The lowest BCUT2D eigenvalue weighted by Crippen LogP contribution is -2.43. The summed E-state index contributed by atoms with van der Waals surface area (Å²) < 4.78 is 13.1. The molecule has 1 aromatic heterocycles. The molecule has 3 rings (SSSR count). The van der Waals surface area contributed by atoms with E-state index >= 15 is 0 Å². The monoisotopic (exact) mass is 465 g/mol. The highest BCUT2D eigenvalue weighted by Crippen LogP contribution is 2.25. The molecule has 2 aromatic rings. The van der Waals surface area contributed by atoms with Crippen LogP contribution in [0.1, 0.15) is 26.2 Å². The number of carbonyl (C=O) groups is 2. The number of aromatic nitrogens is 2. The fourth-order valence-electron chi connectivity index (χ4n) is 3.27. The molecule has 1 saturated heterocycles. The van der Waals surface area contributed by atoms with Gasteiger partial charge in [-0.1, -0.05) is 30.3 Å². The molecule has 2 N–H and O–H groups in total. The third-order valence-corrected chi connectivity index (χ3v) is 6.08. The van der Waals surface area contributed by atoms with Crippen LogP contribution in [0.25, 0.3) is 0 Å². The fourth-order valence-corrected chi connectivity index (χ4v) is 4.10. The van der Waals surface area contributed by atoms with Crippen LogP contribution in [0.4, 0.5) is 15.9 Å². The van der Waals surface area contributed by atoms with Crippen LogP contribution < -0.4 is 15.5 Å². The molecule has 166 valence electrons. The lowest BCUT2D eigenvalue weighted by atomic mass is 9.97. The second kappa shape index (κ2) is 11.3. The first-order valence-electron chi connectivity index (χ1n) is 10.2. The number of hydrogen-bond donors (Lipinski definition) is 2. The summed E-state index contributed by atoms with van der Waals surface area (Å²) >= 11 is 7.16. The Kier molecular flexibility index (Phi) is 8.48. The Bertz CT molecular complexity index is 915. The summed E-state index contributed by atoms with van der Waals surface area (Å²) in [5, 5.41) is 14.8. The minimum absolute atomic E-state index is 0.0434. The molecule has 0 bridgehead atoms. The molecule has 7 nitrogen and oxygen atoms in total. The molecule has 0 aliphatic carbocycles. The van der Waals surface area contributed by atoms with Crippen molar-refractivity contribution >= 4 is 46.7 Å². The average Bonchev–Trinajstić information content (AvgIpc) is 2.78. The summed E-state index contributed by atoms with van der Waals surface area (Å²) in [5.41, 5.74) is 0.359. The van der Waals surface area contributed by atoms with Crippen LogP contribution in [-0.2, 0) is 9.59 Å². The second-order valence-corrected chi connectivity index (χ2v) is 8.67. The molecule has 2 heterocycles. The third-order valence-electron chi connectivity index (χ3n) is 4.85. The van der Waals surface area contributed by atoms with E-state index in [0.29, 0.717) is 23.8 Å². The minimum atomic E-state index is -0.464. The SMILES string of the molecule is CCCNC(=O)C1CCCN(c2ccc(SCC(=O)Nc3ccc(F)cc3Cl)nn2)C1. The first-order valence-corrected chi connectivity index (χ1v) is 11.6. The first-order chi connectivity index (χ1) is 15.0. The first kappa shape index (κ1) is 23.3. The van der Waals surface area contributed by atoms with E-state index in [0.717, 1.165) is 37.7 Å². The predicted molar refractivity (Wildman–Crippen MR) is 121 cm³/mol. The molecule has 1 fully saturated rings. The zero-order valence-corrected chi connectivity index (χ0v) is 18.8. The standard InChI is InChI=1S/C21H25ClFN5O2S/c1-2-9-24-21(30)14-4-3-10-28(12-14)18-7-8-20(27-26-18)31-13-19(29)25-17-6-5-15(23)11-16(17)22/h5-8,11,14H,2-4,9-10,12-13H2,1H3,(H,24,30)(H,25,29). The van der Waals surface area contributed by atoms with Gasteiger partial charge in [0.05, 0.1) is 22.4 Å². The quantitative estimate of drug-likeness (QED) is 0.577. The zero-order chi connectivity index (χ0) is 22.2. The number of amides is 2. The topological polar surface area (TPSA) is 87.2 Å². The van der Waals surface area contributed by atoms with Gasteiger partial charge in [-0.25, -0.2) is 4.39 Å². The highest BCUT2D eigenvalue weighted by Gasteiger charge is 2.26. The van der Waals surface area contributed by atoms with Gasteiger partial charge in [-0.15, -0.1) is 10.2 Å². The normalized spacial score (nSPS) is 16.1. The molecular weight excluding hydrogens is 441 g/mol. The summed E-state index contributed by atoms with van der Waals surface area (Å²) in [4.78, 5) is 26.5. The average molecular weight is 466 g/mol. The molecule has 31 heavy (non-hydrogen) atoms. The predicted octanol–water partition coefficient (Wildman–Crippen LogP) is 3.74. The summed E-state index contributed by atoms with van der Waals surface area (Å²) in [6.07, 6.45) is 2.72. The lowest BCUT2D eigenvalue weighted by molar-refractivity contribution is -0.125. The van der Waals surface area contributed by atoms with Crippen LogP contribution in [0.3, 0.4) is 0 Å². The summed E-state index contributed by atoms with van der Waals surface area (Å²) in [7, 11) is 0. The van der Waals surface area contributed by atoms with E-state index in [1.807, 2.05) is 19.1 Å². The van der Waals surface area contributed by atoms with E-state index in [1.165, 1.54) is 23.9 Å². The number of nitrogens with zero attached hydrogens (tertiary/aromatic N) is 3. The van der Waals surface area contributed by atoms with E-state index in [1.54, 1.807) is 0 Å². The van der Waals surface area contributed by atoms with E-state index < -0.39 is 5.82 Å². The summed E-state index contributed by atoms with van der Waals surface area (Å²) in [6, 6.07) is 7.47. The minimum Gasteiger partial charge on any atom is -0.356 e. The smallest absolute Gasteiger partial charge is 0.234 e. The Balaban J connectivity index is 1.50. The van der Waals surface area contributed by atoms with Crippen molar-refractivity contribution in [3.05, 3.63) is 41.2 Å². The van der Waals surface area contributed by atoms with Crippen LogP contribution >= 0.6 is 23.4 Å². The molecule has 10 heteroatoms. The van der Waals surface area contributed by atoms with E-state index in [-0.39, 0.29) is 28.5 Å². The van der Waals surface area contributed by atoms with Crippen LogP contribution in [0.15, 0.2) is 35.4 Å². The van der Waals surface area contributed by atoms with Crippen LogP contribution in [0.2, 0.25) is 5.02 Å².